The molecule has 0 unspecified atom stereocenters. The van der Waals surface area contributed by atoms with Crippen molar-refractivity contribution in [1.82, 2.24) is 9.47 Å². The lowest BCUT2D eigenvalue weighted by molar-refractivity contribution is 0.100. The number of carbonyl (C=O) groups excluding carboxylic acids is 1. The number of aromatic nitrogens is 1. The number of ether oxygens (including phenoxy) is 1. The molecule has 29 heavy (non-hydrogen) atoms. The minimum Gasteiger partial charge on any atom is -0.512 e. The summed E-state index contributed by atoms with van der Waals surface area (Å²) >= 11 is 0. The normalized spacial score (nSPS) is 17.4. The van der Waals surface area contributed by atoms with Crippen LogP contribution in [0.4, 0.5) is 0 Å². The molecule has 6 nitrogen and oxygen atoms in total. The van der Waals surface area contributed by atoms with Crippen LogP contribution in [0.3, 0.4) is 0 Å². The molecule has 0 spiro atoms. The van der Waals surface area contributed by atoms with Gasteiger partial charge in [0, 0.05) is 48.5 Å². The Morgan fingerprint density at radius 2 is 2.03 bits per heavy atom. The lowest BCUT2D eigenvalue weighted by atomic mass is 10.0. The van der Waals surface area contributed by atoms with Crippen LogP contribution in [-0.4, -0.2) is 47.2 Å². The molecule has 1 aromatic heterocycles. The number of hydrogen-bond donors (Lipinski definition) is 2. The van der Waals surface area contributed by atoms with Gasteiger partial charge in [0.2, 0.25) is 5.91 Å². The van der Waals surface area contributed by atoms with Crippen LogP contribution >= 0.6 is 0 Å². The van der Waals surface area contributed by atoms with Crippen molar-refractivity contribution in [2.45, 2.75) is 39.2 Å². The fourth-order valence-corrected chi connectivity index (χ4v) is 4.21. The topological polar surface area (TPSA) is 80.7 Å². The molecule has 1 amide bonds. The molecule has 1 aromatic carbocycles. The summed E-state index contributed by atoms with van der Waals surface area (Å²) in [6, 6.07) is 8.14. The molecular weight excluding hydrogens is 366 g/mol. The highest BCUT2D eigenvalue weighted by molar-refractivity contribution is 5.97. The zero-order valence-corrected chi connectivity index (χ0v) is 17.5. The SMILES string of the molecule is C/C=C(OC)\C(CCN1CCC(n2ccc3ccc(C(N)=O)cc32)CC1)=C(/C)O. The van der Waals surface area contributed by atoms with Gasteiger partial charge in [-0.05, 0) is 62.8 Å². The van der Waals surface area contributed by atoms with Crippen molar-refractivity contribution in [2.75, 3.05) is 26.7 Å². The van der Waals surface area contributed by atoms with Gasteiger partial charge in [-0.25, -0.2) is 0 Å². The van der Waals surface area contributed by atoms with E-state index >= 15 is 0 Å². The fraction of sp³-hybridized carbons (Fsp3) is 0.435. The molecule has 0 radical (unpaired) electrons. The second-order valence-electron chi connectivity index (χ2n) is 7.60. The summed E-state index contributed by atoms with van der Waals surface area (Å²) in [7, 11) is 1.63. The van der Waals surface area contributed by atoms with E-state index in [1.54, 1.807) is 20.1 Å². The number of likely N-dealkylation sites (tertiary alicyclic amines) is 1. The molecule has 0 aliphatic carbocycles. The maximum atomic E-state index is 11.5. The summed E-state index contributed by atoms with van der Waals surface area (Å²) < 4.78 is 7.67. The quantitative estimate of drug-likeness (QED) is 0.543. The second kappa shape index (κ2) is 9.18. The Morgan fingerprint density at radius 1 is 1.31 bits per heavy atom. The monoisotopic (exact) mass is 397 g/mol. The van der Waals surface area contributed by atoms with Gasteiger partial charge in [0.15, 0.2) is 0 Å². The van der Waals surface area contributed by atoms with Crippen molar-refractivity contribution >= 4 is 16.8 Å². The number of carbonyl (C=O) groups is 1. The Bertz CT molecular complexity index is 930. The van der Waals surface area contributed by atoms with Crippen LogP contribution in [0, 0.1) is 0 Å². The van der Waals surface area contributed by atoms with Gasteiger partial charge >= 0.3 is 0 Å². The third-order valence-electron chi connectivity index (χ3n) is 5.85. The zero-order valence-electron chi connectivity index (χ0n) is 17.5. The molecule has 3 rings (SSSR count). The molecule has 0 saturated carbocycles. The maximum Gasteiger partial charge on any atom is 0.248 e. The van der Waals surface area contributed by atoms with Gasteiger partial charge in [-0.2, -0.15) is 0 Å². The minimum atomic E-state index is -0.394. The van der Waals surface area contributed by atoms with Crippen LogP contribution in [0.2, 0.25) is 0 Å². The van der Waals surface area contributed by atoms with E-state index in [2.05, 4.69) is 21.7 Å². The molecule has 1 aliphatic rings. The smallest absolute Gasteiger partial charge is 0.248 e. The summed E-state index contributed by atoms with van der Waals surface area (Å²) in [6.45, 7) is 6.50. The maximum absolute atomic E-state index is 11.5. The number of nitrogens with two attached hydrogens (primary N) is 1. The predicted molar refractivity (Wildman–Crippen MR) is 116 cm³/mol. The Morgan fingerprint density at radius 3 is 2.62 bits per heavy atom. The molecule has 2 aromatic rings. The number of rotatable bonds is 7. The molecule has 3 N–H and O–H groups in total. The van der Waals surface area contributed by atoms with E-state index in [0.29, 0.717) is 17.4 Å². The van der Waals surface area contributed by atoms with E-state index in [0.717, 1.165) is 61.1 Å². The number of primary amides is 1. The highest BCUT2D eigenvalue weighted by atomic mass is 16.5. The van der Waals surface area contributed by atoms with Crippen molar-refractivity contribution in [2.24, 2.45) is 5.73 Å². The third-order valence-corrected chi connectivity index (χ3v) is 5.85. The van der Waals surface area contributed by atoms with E-state index in [4.69, 9.17) is 10.5 Å². The minimum absolute atomic E-state index is 0.318. The van der Waals surface area contributed by atoms with Gasteiger partial charge in [-0.3, -0.25) is 4.79 Å². The molecule has 0 atom stereocenters. The van der Waals surface area contributed by atoms with Crippen LogP contribution in [-0.2, 0) is 4.74 Å². The van der Waals surface area contributed by atoms with Gasteiger partial charge in [-0.1, -0.05) is 6.07 Å². The number of nitrogens with zero attached hydrogens (tertiary/aromatic N) is 2. The number of allylic oxidation sites excluding steroid dienone is 3. The van der Waals surface area contributed by atoms with Crippen molar-refractivity contribution in [1.29, 1.82) is 0 Å². The molecule has 1 fully saturated rings. The number of aliphatic hydroxyl groups excluding tert-OH is 1. The van der Waals surface area contributed by atoms with Crippen LogP contribution < -0.4 is 5.73 Å². The third kappa shape index (κ3) is 4.65. The standard InChI is InChI=1S/C23H31N3O3/c1-4-22(29-3)20(16(2)27)10-13-25-11-8-19(9-12-25)26-14-7-17-5-6-18(23(24)28)15-21(17)26/h4-7,14-15,19,27H,8-13H2,1-3H3,(H2,24,28)/b20-16+,22-4+. The van der Waals surface area contributed by atoms with E-state index < -0.39 is 5.91 Å². The number of amides is 1. The second-order valence-corrected chi connectivity index (χ2v) is 7.60. The van der Waals surface area contributed by atoms with Gasteiger partial charge < -0.3 is 25.0 Å². The van der Waals surface area contributed by atoms with Crippen molar-refractivity contribution in [3.8, 4) is 0 Å². The Hall–Kier alpha value is -2.73. The lowest BCUT2D eigenvalue weighted by Crippen LogP contribution is -2.35. The molecular formula is C23H31N3O3. The van der Waals surface area contributed by atoms with Crippen LogP contribution in [0.5, 0.6) is 0 Å². The number of fused-ring (bicyclic) bond motifs is 1. The highest BCUT2D eigenvalue weighted by Crippen LogP contribution is 2.29. The zero-order chi connectivity index (χ0) is 21.0. The Labute approximate surface area is 172 Å². The van der Waals surface area contributed by atoms with E-state index in [-0.39, 0.29) is 0 Å². The predicted octanol–water partition coefficient (Wildman–Crippen LogP) is 4.15. The van der Waals surface area contributed by atoms with Gasteiger partial charge in [0.1, 0.15) is 5.76 Å². The van der Waals surface area contributed by atoms with Gasteiger partial charge in [-0.15, -0.1) is 0 Å². The summed E-state index contributed by atoms with van der Waals surface area (Å²) in [6.07, 6.45) is 6.85. The van der Waals surface area contributed by atoms with Crippen molar-refractivity contribution in [3.63, 3.8) is 0 Å². The van der Waals surface area contributed by atoms with Crippen molar-refractivity contribution < 1.29 is 14.6 Å². The first-order valence-corrected chi connectivity index (χ1v) is 10.2. The summed E-state index contributed by atoms with van der Waals surface area (Å²) in [4.78, 5) is 14.0. The van der Waals surface area contributed by atoms with E-state index in [1.807, 2.05) is 25.1 Å². The number of piperidine rings is 1. The number of aliphatic hydroxyl groups is 1. The summed E-state index contributed by atoms with van der Waals surface area (Å²) in [5.41, 5.74) is 7.94. The highest BCUT2D eigenvalue weighted by Gasteiger charge is 2.22. The fourth-order valence-electron chi connectivity index (χ4n) is 4.21. The van der Waals surface area contributed by atoms with Gasteiger partial charge in [0.05, 0.1) is 12.9 Å². The average molecular weight is 398 g/mol. The first kappa shape index (κ1) is 21.0. The van der Waals surface area contributed by atoms with Crippen LogP contribution in [0.1, 0.15) is 49.5 Å². The first-order valence-electron chi connectivity index (χ1n) is 10.2. The Balaban J connectivity index is 1.64. The van der Waals surface area contributed by atoms with Gasteiger partial charge in [0.25, 0.3) is 0 Å². The number of methoxy groups -OCH3 is 1. The summed E-state index contributed by atoms with van der Waals surface area (Å²) in [5.74, 6) is 0.664. The average Bonchev–Trinajstić information content (AvgIpc) is 3.14. The molecule has 0 bridgehead atoms. The summed E-state index contributed by atoms with van der Waals surface area (Å²) in [5, 5.41) is 11.1. The van der Waals surface area contributed by atoms with E-state index in [1.165, 1.54) is 0 Å². The molecule has 1 saturated heterocycles. The number of hydrogen-bond acceptors (Lipinski definition) is 4. The largest absolute Gasteiger partial charge is 0.512 e. The lowest BCUT2D eigenvalue weighted by Gasteiger charge is -2.33. The van der Waals surface area contributed by atoms with E-state index in [9.17, 15) is 9.90 Å². The first-order chi connectivity index (χ1) is 13.9. The molecule has 2 heterocycles. The molecule has 156 valence electrons. The number of benzene rings is 1. The Kier molecular flexibility index (Phi) is 6.64. The van der Waals surface area contributed by atoms with Crippen LogP contribution in [0.15, 0.2) is 53.6 Å². The molecule has 6 heteroatoms. The molecule has 1 aliphatic heterocycles. The van der Waals surface area contributed by atoms with Crippen molar-refractivity contribution in [3.05, 3.63) is 59.2 Å². The van der Waals surface area contributed by atoms with Crippen LogP contribution in [0.25, 0.3) is 10.9 Å².